The molecule has 2 N–H and O–H groups in total. The zero-order valence-electron chi connectivity index (χ0n) is 13.8. The average molecular weight is 342 g/mol. The first-order valence-electron chi connectivity index (χ1n) is 7.04. The van der Waals surface area contributed by atoms with Crippen molar-refractivity contribution in [1.29, 1.82) is 0 Å². The highest BCUT2D eigenvalue weighted by Crippen LogP contribution is 2.13. The van der Waals surface area contributed by atoms with Crippen LogP contribution in [-0.4, -0.2) is 32.1 Å². The molecule has 0 radical (unpaired) electrons. The lowest BCUT2D eigenvalue weighted by Crippen LogP contribution is -2.48. The first-order valence-corrected chi connectivity index (χ1v) is 8.52. The summed E-state index contributed by atoms with van der Waals surface area (Å²) in [6.45, 7) is 8.04. The predicted octanol–water partition coefficient (Wildman–Crippen LogP) is 1.71. The summed E-state index contributed by atoms with van der Waals surface area (Å²) in [6, 6.07) is 5.22. The summed E-state index contributed by atoms with van der Waals surface area (Å²) >= 11 is 0. The summed E-state index contributed by atoms with van der Waals surface area (Å²) in [7, 11) is -4.00. The van der Waals surface area contributed by atoms with Gasteiger partial charge in [-0.1, -0.05) is 18.2 Å². The van der Waals surface area contributed by atoms with E-state index in [2.05, 4.69) is 5.32 Å². The molecular weight excluding hydrogens is 320 g/mol. The van der Waals surface area contributed by atoms with Gasteiger partial charge in [-0.3, -0.25) is 4.79 Å². The Kier molecular flexibility index (Phi) is 5.76. The minimum absolute atomic E-state index is 0.0119. The Morgan fingerprint density at radius 3 is 2.26 bits per heavy atom. The SMILES string of the molecule is Cc1ccccc1S(=O)(=O)NC(=O)[C@@H](C)NC(=O)OC(C)(C)C. The molecule has 0 aliphatic rings. The number of rotatable bonds is 4. The minimum Gasteiger partial charge on any atom is -0.444 e. The summed E-state index contributed by atoms with van der Waals surface area (Å²) < 4.78 is 31.4. The molecule has 0 saturated carbocycles. The van der Waals surface area contributed by atoms with Crippen LogP contribution in [0, 0.1) is 6.92 Å². The topological polar surface area (TPSA) is 102 Å². The Bertz CT molecular complexity index is 692. The van der Waals surface area contributed by atoms with Crippen molar-refractivity contribution in [2.75, 3.05) is 0 Å². The number of nitrogens with one attached hydrogen (secondary N) is 2. The molecule has 8 heteroatoms. The summed E-state index contributed by atoms with van der Waals surface area (Å²) in [5.41, 5.74) is -0.200. The third-order valence-corrected chi connectivity index (χ3v) is 4.25. The summed E-state index contributed by atoms with van der Waals surface area (Å²) in [5, 5.41) is 2.29. The van der Waals surface area contributed by atoms with Gasteiger partial charge in [-0.15, -0.1) is 0 Å². The van der Waals surface area contributed by atoms with Crippen LogP contribution in [-0.2, 0) is 19.6 Å². The molecule has 7 nitrogen and oxygen atoms in total. The van der Waals surface area contributed by atoms with Crippen LogP contribution in [0.2, 0.25) is 0 Å². The largest absolute Gasteiger partial charge is 0.444 e. The van der Waals surface area contributed by atoms with Crippen molar-refractivity contribution >= 4 is 22.0 Å². The lowest BCUT2D eigenvalue weighted by Gasteiger charge is -2.21. The van der Waals surface area contributed by atoms with Gasteiger partial charge in [0.1, 0.15) is 11.6 Å². The second-order valence-corrected chi connectivity index (χ2v) is 7.75. The Morgan fingerprint density at radius 2 is 1.74 bits per heavy atom. The highest BCUT2D eigenvalue weighted by atomic mass is 32.2. The van der Waals surface area contributed by atoms with Crippen molar-refractivity contribution in [2.24, 2.45) is 0 Å². The molecule has 0 aromatic heterocycles. The molecule has 0 saturated heterocycles. The number of hydrogen-bond donors (Lipinski definition) is 2. The van der Waals surface area contributed by atoms with E-state index in [1.54, 1.807) is 45.9 Å². The summed E-state index contributed by atoms with van der Waals surface area (Å²) in [6.07, 6.45) is -0.798. The number of sulfonamides is 1. The van der Waals surface area contributed by atoms with Crippen molar-refractivity contribution in [1.82, 2.24) is 10.0 Å². The summed E-state index contributed by atoms with van der Waals surface area (Å²) in [5.74, 6) is -0.848. The van der Waals surface area contributed by atoms with Crippen molar-refractivity contribution < 1.29 is 22.7 Å². The number of ether oxygens (including phenoxy) is 1. The van der Waals surface area contributed by atoms with Gasteiger partial charge in [-0.05, 0) is 46.2 Å². The average Bonchev–Trinajstić information content (AvgIpc) is 2.35. The normalized spacial score (nSPS) is 13.1. The number of alkyl carbamates (subject to hydrolysis) is 1. The van der Waals surface area contributed by atoms with Crippen LogP contribution in [0.25, 0.3) is 0 Å². The minimum atomic E-state index is -4.00. The Morgan fingerprint density at radius 1 is 1.17 bits per heavy atom. The molecule has 0 bridgehead atoms. The van der Waals surface area contributed by atoms with E-state index in [9.17, 15) is 18.0 Å². The molecule has 2 amide bonds. The maximum Gasteiger partial charge on any atom is 0.408 e. The number of aryl methyl sites for hydroxylation is 1. The third kappa shape index (κ3) is 5.90. The van der Waals surface area contributed by atoms with Gasteiger partial charge in [0, 0.05) is 0 Å². The van der Waals surface area contributed by atoms with Crippen molar-refractivity contribution in [3.05, 3.63) is 29.8 Å². The zero-order chi connectivity index (χ0) is 17.8. The lowest BCUT2D eigenvalue weighted by molar-refractivity contribution is -0.121. The maximum atomic E-state index is 12.2. The van der Waals surface area contributed by atoms with Gasteiger partial charge in [0.2, 0.25) is 0 Å². The standard InChI is InChI=1S/C15H22N2O5S/c1-10-8-6-7-9-12(10)23(20,21)17-13(18)11(2)16-14(19)22-15(3,4)5/h6-9,11H,1-5H3,(H,16,19)(H,17,18)/t11-/m1/s1. The fourth-order valence-electron chi connectivity index (χ4n) is 1.68. The smallest absolute Gasteiger partial charge is 0.408 e. The van der Waals surface area contributed by atoms with Crippen LogP contribution in [0.4, 0.5) is 4.79 Å². The Labute approximate surface area is 136 Å². The number of carbonyl (C=O) groups is 2. The molecule has 1 atom stereocenters. The monoisotopic (exact) mass is 342 g/mol. The van der Waals surface area contributed by atoms with Gasteiger partial charge in [0.25, 0.3) is 15.9 Å². The molecule has 23 heavy (non-hydrogen) atoms. The van der Waals surface area contributed by atoms with Gasteiger partial charge in [-0.25, -0.2) is 17.9 Å². The fraction of sp³-hybridized carbons (Fsp3) is 0.467. The Balaban J connectivity index is 2.75. The first kappa shape index (κ1) is 19.0. The molecule has 0 unspecified atom stereocenters. The molecule has 0 aliphatic carbocycles. The van der Waals surface area contributed by atoms with Crippen LogP contribution in [0.3, 0.4) is 0 Å². The van der Waals surface area contributed by atoms with E-state index in [1.807, 2.05) is 4.72 Å². The Hall–Kier alpha value is -2.09. The van der Waals surface area contributed by atoms with E-state index in [1.165, 1.54) is 13.0 Å². The van der Waals surface area contributed by atoms with Crippen molar-refractivity contribution in [3.8, 4) is 0 Å². The van der Waals surface area contributed by atoms with Gasteiger partial charge < -0.3 is 10.1 Å². The van der Waals surface area contributed by atoms with E-state index >= 15 is 0 Å². The molecule has 0 aliphatic heterocycles. The molecular formula is C15H22N2O5S. The van der Waals surface area contributed by atoms with Crippen molar-refractivity contribution in [2.45, 2.75) is 51.2 Å². The molecule has 128 valence electrons. The first-order chi connectivity index (χ1) is 10.4. The number of carbonyl (C=O) groups excluding carboxylic acids is 2. The maximum absolute atomic E-state index is 12.2. The predicted molar refractivity (Wildman–Crippen MR) is 85.3 cm³/mol. The van der Waals surface area contributed by atoms with E-state index in [4.69, 9.17) is 4.74 Å². The molecule has 0 fully saturated rings. The third-order valence-electron chi connectivity index (χ3n) is 2.74. The highest BCUT2D eigenvalue weighted by molar-refractivity contribution is 7.90. The van der Waals surface area contributed by atoms with E-state index in [-0.39, 0.29) is 4.90 Å². The van der Waals surface area contributed by atoms with Crippen LogP contribution >= 0.6 is 0 Å². The van der Waals surface area contributed by atoms with Gasteiger partial charge >= 0.3 is 6.09 Å². The van der Waals surface area contributed by atoms with E-state index in [0.717, 1.165) is 0 Å². The highest BCUT2D eigenvalue weighted by Gasteiger charge is 2.25. The van der Waals surface area contributed by atoms with Gasteiger partial charge in [0.15, 0.2) is 0 Å². The van der Waals surface area contributed by atoms with E-state index < -0.39 is 33.7 Å². The van der Waals surface area contributed by atoms with Crippen LogP contribution < -0.4 is 10.0 Å². The second kappa shape index (κ2) is 6.99. The molecule has 1 rings (SSSR count). The quantitative estimate of drug-likeness (QED) is 0.867. The van der Waals surface area contributed by atoms with Gasteiger partial charge in [-0.2, -0.15) is 0 Å². The van der Waals surface area contributed by atoms with Crippen LogP contribution in [0.1, 0.15) is 33.3 Å². The number of hydrogen-bond acceptors (Lipinski definition) is 5. The molecule has 0 heterocycles. The van der Waals surface area contributed by atoms with Gasteiger partial charge in [0.05, 0.1) is 4.90 Å². The molecule has 1 aromatic carbocycles. The van der Waals surface area contributed by atoms with Crippen molar-refractivity contribution in [3.63, 3.8) is 0 Å². The zero-order valence-corrected chi connectivity index (χ0v) is 14.7. The van der Waals surface area contributed by atoms with Crippen LogP contribution in [0.5, 0.6) is 0 Å². The van der Waals surface area contributed by atoms with E-state index in [0.29, 0.717) is 5.56 Å². The number of amides is 2. The fourth-order valence-corrected chi connectivity index (χ4v) is 2.98. The molecule has 1 aromatic rings. The summed E-state index contributed by atoms with van der Waals surface area (Å²) in [4.78, 5) is 23.6. The second-order valence-electron chi connectivity index (χ2n) is 6.10. The number of benzene rings is 1. The van der Waals surface area contributed by atoms with Crippen LogP contribution in [0.15, 0.2) is 29.2 Å². The molecule has 0 spiro atoms. The lowest BCUT2D eigenvalue weighted by atomic mass is 10.2.